The second-order valence-electron chi connectivity index (χ2n) is 5.17. The Bertz CT molecular complexity index is 671. The topological polar surface area (TPSA) is 62.7 Å². The van der Waals surface area contributed by atoms with Gasteiger partial charge in [0.1, 0.15) is 0 Å². The van der Waals surface area contributed by atoms with Crippen molar-refractivity contribution < 1.29 is 4.79 Å². The molecular formula is C14H18N4OS3. The molecule has 1 aliphatic heterocycles. The number of amides is 1. The Morgan fingerprint density at radius 3 is 3.23 bits per heavy atom. The SMILES string of the molecule is O=C(CCn1c(-c2cccs2)n[nH]c1=S)NCC1CCCS1. The fraction of sp³-hybridized carbons (Fsp3) is 0.500. The molecule has 0 bridgehead atoms. The molecule has 0 aliphatic carbocycles. The number of carbonyl (C=O) groups is 1. The van der Waals surface area contributed by atoms with Gasteiger partial charge in [0.25, 0.3) is 0 Å². The number of nitrogens with zero attached hydrogens (tertiary/aromatic N) is 2. The molecule has 0 radical (unpaired) electrons. The van der Waals surface area contributed by atoms with Crippen molar-refractivity contribution in [1.82, 2.24) is 20.1 Å². The molecule has 1 aliphatic rings. The molecule has 2 aromatic heterocycles. The number of H-pyrrole nitrogens is 1. The summed E-state index contributed by atoms with van der Waals surface area (Å²) in [7, 11) is 0. The van der Waals surface area contributed by atoms with Crippen molar-refractivity contribution in [2.45, 2.75) is 31.1 Å². The summed E-state index contributed by atoms with van der Waals surface area (Å²) in [5, 5.41) is 12.7. The van der Waals surface area contributed by atoms with Gasteiger partial charge in [0.2, 0.25) is 5.91 Å². The molecule has 1 amide bonds. The number of thiophene rings is 1. The largest absolute Gasteiger partial charge is 0.355 e. The van der Waals surface area contributed by atoms with E-state index in [1.54, 1.807) is 11.3 Å². The molecule has 1 fully saturated rings. The highest BCUT2D eigenvalue weighted by Gasteiger charge is 2.16. The monoisotopic (exact) mass is 354 g/mol. The van der Waals surface area contributed by atoms with Gasteiger partial charge >= 0.3 is 0 Å². The van der Waals surface area contributed by atoms with Crippen molar-refractivity contribution >= 4 is 41.2 Å². The first-order chi connectivity index (χ1) is 10.7. The molecule has 0 spiro atoms. The Morgan fingerprint density at radius 2 is 2.50 bits per heavy atom. The average molecular weight is 355 g/mol. The van der Waals surface area contributed by atoms with Crippen LogP contribution in [0.3, 0.4) is 0 Å². The molecule has 0 aromatic carbocycles. The highest BCUT2D eigenvalue weighted by atomic mass is 32.2. The lowest BCUT2D eigenvalue weighted by molar-refractivity contribution is -0.121. The van der Waals surface area contributed by atoms with E-state index in [0.29, 0.717) is 23.0 Å². The summed E-state index contributed by atoms with van der Waals surface area (Å²) >= 11 is 8.83. The molecular weight excluding hydrogens is 336 g/mol. The molecule has 1 unspecified atom stereocenters. The second kappa shape index (κ2) is 7.43. The lowest BCUT2D eigenvalue weighted by atomic mass is 10.2. The van der Waals surface area contributed by atoms with E-state index in [2.05, 4.69) is 15.5 Å². The van der Waals surface area contributed by atoms with Gasteiger partial charge in [0, 0.05) is 24.8 Å². The van der Waals surface area contributed by atoms with Gasteiger partial charge in [0.05, 0.1) is 4.88 Å². The zero-order chi connectivity index (χ0) is 15.4. The molecule has 1 saturated heterocycles. The summed E-state index contributed by atoms with van der Waals surface area (Å²) in [6, 6.07) is 3.98. The second-order valence-corrected chi connectivity index (χ2v) is 7.91. The Balaban J connectivity index is 1.56. The summed E-state index contributed by atoms with van der Waals surface area (Å²) in [5.41, 5.74) is 0. The number of hydrogen-bond donors (Lipinski definition) is 2. The van der Waals surface area contributed by atoms with Gasteiger partial charge in [-0.05, 0) is 42.3 Å². The molecule has 2 aromatic rings. The first kappa shape index (κ1) is 15.8. The Morgan fingerprint density at radius 1 is 1.59 bits per heavy atom. The predicted molar refractivity (Wildman–Crippen MR) is 93.8 cm³/mol. The summed E-state index contributed by atoms with van der Waals surface area (Å²) in [6.45, 7) is 1.32. The van der Waals surface area contributed by atoms with Crippen molar-refractivity contribution in [1.29, 1.82) is 0 Å². The maximum atomic E-state index is 12.0. The zero-order valence-electron chi connectivity index (χ0n) is 12.1. The summed E-state index contributed by atoms with van der Waals surface area (Å²) in [4.78, 5) is 13.1. The highest BCUT2D eigenvalue weighted by molar-refractivity contribution is 8.00. The summed E-state index contributed by atoms with van der Waals surface area (Å²) in [6.07, 6.45) is 2.89. The number of carbonyl (C=O) groups excluding carboxylic acids is 1. The predicted octanol–water partition coefficient (Wildman–Crippen LogP) is 3.07. The van der Waals surface area contributed by atoms with Crippen LogP contribution in [0.25, 0.3) is 10.7 Å². The van der Waals surface area contributed by atoms with Crippen molar-refractivity contribution in [3.8, 4) is 10.7 Å². The van der Waals surface area contributed by atoms with Crippen LogP contribution in [0, 0.1) is 4.77 Å². The first-order valence-electron chi connectivity index (χ1n) is 7.31. The number of aromatic amines is 1. The Labute approximate surface area is 142 Å². The van der Waals surface area contributed by atoms with Gasteiger partial charge in [0.15, 0.2) is 10.6 Å². The van der Waals surface area contributed by atoms with Crippen LogP contribution in [0.1, 0.15) is 19.3 Å². The third-order valence-electron chi connectivity index (χ3n) is 3.61. The van der Waals surface area contributed by atoms with Gasteiger partial charge in [-0.15, -0.1) is 11.3 Å². The summed E-state index contributed by atoms with van der Waals surface area (Å²) in [5.74, 6) is 2.10. The number of thioether (sulfide) groups is 1. The van der Waals surface area contributed by atoms with Crippen LogP contribution in [0.2, 0.25) is 0 Å². The smallest absolute Gasteiger partial charge is 0.221 e. The maximum Gasteiger partial charge on any atom is 0.221 e. The van der Waals surface area contributed by atoms with E-state index in [1.165, 1.54) is 18.6 Å². The van der Waals surface area contributed by atoms with Crippen molar-refractivity contribution in [3.63, 3.8) is 0 Å². The number of nitrogens with one attached hydrogen (secondary N) is 2. The molecule has 3 heterocycles. The van der Waals surface area contributed by atoms with Crippen LogP contribution >= 0.6 is 35.3 Å². The van der Waals surface area contributed by atoms with Crippen molar-refractivity contribution in [2.24, 2.45) is 0 Å². The lowest BCUT2D eigenvalue weighted by Gasteiger charge is -2.10. The number of aromatic nitrogens is 3. The van der Waals surface area contributed by atoms with Gasteiger partial charge < -0.3 is 5.32 Å². The maximum absolute atomic E-state index is 12.0. The normalized spacial score (nSPS) is 17.7. The van der Waals surface area contributed by atoms with Crippen LogP contribution in [-0.4, -0.2) is 38.2 Å². The van der Waals surface area contributed by atoms with Crippen molar-refractivity contribution in [2.75, 3.05) is 12.3 Å². The molecule has 0 saturated carbocycles. The van der Waals surface area contributed by atoms with Crippen LogP contribution in [0.15, 0.2) is 17.5 Å². The minimum Gasteiger partial charge on any atom is -0.355 e. The molecule has 1 atom stereocenters. The lowest BCUT2D eigenvalue weighted by Crippen LogP contribution is -2.30. The van der Waals surface area contributed by atoms with E-state index < -0.39 is 0 Å². The first-order valence-corrected chi connectivity index (χ1v) is 9.65. The molecule has 5 nitrogen and oxygen atoms in total. The van der Waals surface area contributed by atoms with E-state index in [-0.39, 0.29) is 5.91 Å². The van der Waals surface area contributed by atoms with Gasteiger partial charge in [-0.25, -0.2) is 0 Å². The standard InChI is InChI=1S/C14H18N4OS3/c19-12(15-9-10-3-1-7-21-10)5-6-18-13(16-17-14(18)20)11-4-2-8-22-11/h2,4,8,10H,1,3,5-7,9H2,(H,15,19)(H,17,20). The summed E-state index contributed by atoms with van der Waals surface area (Å²) < 4.78 is 2.45. The van der Waals surface area contributed by atoms with Crippen molar-refractivity contribution in [3.05, 3.63) is 22.3 Å². The third-order valence-corrected chi connectivity index (χ3v) is 6.19. The minimum atomic E-state index is 0.0766. The third kappa shape index (κ3) is 3.80. The zero-order valence-corrected chi connectivity index (χ0v) is 14.5. The Kier molecular flexibility index (Phi) is 5.32. The highest BCUT2D eigenvalue weighted by Crippen LogP contribution is 2.25. The molecule has 22 heavy (non-hydrogen) atoms. The van der Waals surface area contributed by atoms with E-state index >= 15 is 0 Å². The number of hydrogen-bond acceptors (Lipinski definition) is 5. The van der Waals surface area contributed by atoms with E-state index in [0.717, 1.165) is 17.2 Å². The van der Waals surface area contributed by atoms with Gasteiger partial charge in [-0.2, -0.15) is 16.9 Å². The van der Waals surface area contributed by atoms with E-state index in [4.69, 9.17) is 12.2 Å². The fourth-order valence-corrected chi connectivity index (χ4v) is 4.60. The quantitative estimate of drug-likeness (QED) is 0.783. The molecule has 2 N–H and O–H groups in total. The number of rotatable bonds is 6. The average Bonchev–Trinajstić information content (AvgIpc) is 3.25. The van der Waals surface area contributed by atoms with E-state index in [9.17, 15) is 4.79 Å². The van der Waals surface area contributed by atoms with Crippen LogP contribution < -0.4 is 5.32 Å². The van der Waals surface area contributed by atoms with Crippen LogP contribution in [0.5, 0.6) is 0 Å². The Hall–Kier alpha value is -1.12. The molecule has 3 rings (SSSR count). The van der Waals surface area contributed by atoms with Crippen LogP contribution in [0.4, 0.5) is 0 Å². The van der Waals surface area contributed by atoms with Gasteiger partial charge in [-0.3, -0.25) is 14.5 Å². The van der Waals surface area contributed by atoms with Crippen LogP contribution in [-0.2, 0) is 11.3 Å². The molecule has 8 heteroatoms. The minimum absolute atomic E-state index is 0.0766. The molecule has 118 valence electrons. The fourth-order valence-electron chi connectivity index (χ4n) is 2.45. The van der Waals surface area contributed by atoms with E-state index in [1.807, 2.05) is 33.8 Å². The van der Waals surface area contributed by atoms with Gasteiger partial charge in [-0.1, -0.05) is 6.07 Å².